The van der Waals surface area contributed by atoms with Crippen molar-refractivity contribution in [1.29, 1.82) is 0 Å². The quantitative estimate of drug-likeness (QED) is 0.680. The molecule has 1 aliphatic rings. The van der Waals surface area contributed by atoms with Gasteiger partial charge in [0.1, 0.15) is 5.82 Å². The van der Waals surface area contributed by atoms with Gasteiger partial charge in [-0.3, -0.25) is 4.79 Å². The molecule has 116 valence electrons. The monoisotopic (exact) mass is 372 g/mol. The molecule has 0 aliphatic carbocycles. The minimum Gasteiger partial charge on any atom is -0.357 e. The van der Waals surface area contributed by atoms with Gasteiger partial charge in [0.25, 0.3) is 5.91 Å². The maximum Gasteiger partial charge on any atom is 0.254 e. The van der Waals surface area contributed by atoms with Crippen LogP contribution in [0.25, 0.3) is 10.9 Å². The Kier molecular flexibility index (Phi) is 3.45. The Labute approximate surface area is 141 Å². The van der Waals surface area contributed by atoms with Gasteiger partial charge in [-0.05, 0) is 48.4 Å². The third-order valence-electron chi connectivity index (χ3n) is 4.30. The molecule has 1 aromatic heterocycles. The Balaban J connectivity index is 1.66. The van der Waals surface area contributed by atoms with Crippen molar-refractivity contribution in [2.75, 3.05) is 6.54 Å². The standard InChI is InChI=1S/C18H14BrFN2O/c19-12-3-1-2-11(8-12)18(23)22-7-6-14-15-9-13(20)4-5-16(15)21-17(14)10-22/h1-5,8-9,21H,6-7,10H2. The van der Waals surface area contributed by atoms with E-state index in [0.29, 0.717) is 18.7 Å². The van der Waals surface area contributed by atoms with Crippen LogP contribution in [-0.4, -0.2) is 22.3 Å². The maximum atomic E-state index is 13.5. The molecule has 1 aliphatic heterocycles. The van der Waals surface area contributed by atoms with Gasteiger partial charge in [0.05, 0.1) is 6.54 Å². The highest BCUT2D eigenvalue weighted by molar-refractivity contribution is 9.10. The van der Waals surface area contributed by atoms with Gasteiger partial charge >= 0.3 is 0 Å². The molecule has 0 fully saturated rings. The van der Waals surface area contributed by atoms with E-state index in [4.69, 9.17) is 0 Å². The van der Waals surface area contributed by atoms with Crippen molar-refractivity contribution >= 4 is 32.7 Å². The van der Waals surface area contributed by atoms with Crippen LogP contribution in [0.15, 0.2) is 46.9 Å². The highest BCUT2D eigenvalue weighted by Crippen LogP contribution is 2.29. The van der Waals surface area contributed by atoms with Gasteiger partial charge < -0.3 is 9.88 Å². The first-order valence-electron chi connectivity index (χ1n) is 7.45. The predicted octanol–water partition coefficient (Wildman–Crippen LogP) is 4.27. The summed E-state index contributed by atoms with van der Waals surface area (Å²) in [6.45, 7) is 1.17. The van der Waals surface area contributed by atoms with Crippen molar-refractivity contribution < 1.29 is 9.18 Å². The second-order valence-corrected chi connectivity index (χ2v) is 6.67. The summed E-state index contributed by atoms with van der Waals surface area (Å²) < 4.78 is 14.4. The number of fused-ring (bicyclic) bond motifs is 3. The van der Waals surface area contributed by atoms with Crippen LogP contribution in [0, 0.1) is 5.82 Å². The van der Waals surface area contributed by atoms with Gasteiger partial charge in [-0.25, -0.2) is 4.39 Å². The second kappa shape index (κ2) is 5.49. The molecule has 2 aromatic carbocycles. The number of hydrogen-bond acceptors (Lipinski definition) is 1. The smallest absolute Gasteiger partial charge is 0.254 e. The molecule has 23 heavy (non-hydrogen) atoms. The van der Waals surface area contributed by atoms with Crippen LogP contribution in [0.1, 0.15) is 21.6 Å². The molecular weight excluding hydrogens is 359 g/mol. The first-order valence-corrected chi connectivity index (χ1v) is 8.25. The summed E-state index contributed by atoms with van der Waals surface area (Å²) in [4.78, 5) is 17.8. The summed E-state index contributed by atoms with van der Waals surface area (Å²) >= 11 is 3.40. The molecule has 0 saturated carbocycles. The van der Waals surface area contributed by atoms with Crippen molar-refractivity contribution in [3.8, 4) is 0 Å². The maximum absolute atomic E-state index is 13.5. The van der Waals surface area contributed by atoms with Gasteiger partial charge in [-0.1, -0.05) is 22.0 Å². The zero-order chi connectivity index (χ0) is 16.0. The van der Waals surface area contributed by atoms with Crippen LogP contribution < -0.4 is 0 Å². The number of carbonyl (C=O) groups excluding carboxylic acids is 1. The van der Waals surface area contributed by atoms with E-state index in [1.807, 2.05) is 29.2 Å². The number of aromatic amines is 1. The number of halogens is 2. The third kappa shape index (κ3) is 2.55. The van der Waals surface area contributed by atoms with E-state index in [1.165, 1.54) is 6.07 Å². The number of nitrogens with zero attached hydrogens (tertiary/aromatic N) is 1. The number of rotatable bonds is 1. The van der Waals surface area contributed by atoms with E-state index in [1.54, 1.807) is 12.1 Å². The molecule has 4 rings (SSSR count). The van der Waals surface area contributed by atoms with E-state index >= 15 is 0 Å². The van der Waals surface area contributed by atoms with E-state index in [0.717, 1.165) is 33.1 Å². The molecule has 0 atom stereocenters. The van der Waals surface area contributed by atoms with Gasteiger partial charge in [-0.15, -0.1) is 0 Å². The normalized spacial score (nSPS) is 14.1. The first-order chi connectivity index (χ1) is 11.1. The fraction of sp³-hybridized carbons (Fsp3) is 0.167. The fourth-order valence-electron chi connectivity index (χ4n) is 3.19. The number of amides is 1. The van der Waals surface area contributed by atoms with E-state index in [2.05, 4.69) is 20.9 Å². The summed E-state index contributed by atoms with van der Waals surface area (Å²) in [6, 6.07) is 12.2. The Morgan fingerprint density at radius 2 is 2.09 bits per heavy atom. The molecule has 3 aromatic rings. The van der Waals surface area contributed by atoms with Crippen molar-refractivity contribution in [2.24, 2.45) is 0 Å². The lowest BCUT2D eigenvalue weighted by atomic mass is 10.0. The van der Waals surface area contributed by atoms with Crippen LogP contribution >= 0.6 is 15.9 Å². The number of aromatic nitrogens is 1. The molecule has 3 nitrogen and oxygen atoms in total. The molecule has 0 bridgehead atoms. The summed E-state index contributed by atoms with van der Waals surface area (Å²) in [5.41, 5.74) is 3.72. The average molecular weight is 373 g/mol. The van der Waals surface area contributed by atoms with Crippen LogP contribution in [0.3, 0.4) is 0 Å². The largest absolute Gasteiger partial charge is 0.357 e. The van der Waals surface area contributed by atoms with Crippen molar-refractivity contribution in [3.63, 3.8) is 0 Å². The average Bonchev–Trinajstić information content (AvgIpc) is 2.91. The summed E-state index contributed by atoms with van der Waals surface area (Å²) in [6.07, 6.45) is 0.735. The Morgan fingerprint density at radius 1 is 1.22 bits per heavy atom. The number of H-pyrrole nitrogens is 1. The summed E-state index contributed by atoms with van der Waals surface area (Å²) in [7, 11) is 0. The Bertz CT molecular complexity index is 919. The molecule has 1 amide bonds. The number of carbonyl (C=O) groups is 1. The van der Waals surface area contributed by atoms with E-state index in [-0.39, 0.29) is 11.7 Å². The van der Waals surface area contributed by atoms with Gasteiger partial charge in [0.15, 0.2) is 0 Å². The molecule has 0 saturated heterocycles. The zero-order valence-electron chi connectivity index (χ0n) is 12.3. The Morgan fingerprint density at radius 3 is 2.91 bits per heavy atom. The zero-order valence-corrected chi connectivity index (χ0v) is 13.9. The number of benzene rings is 2. The minimum absolute atomic E-state index is 0.0155. The SMILES string of the molecule is O=C(c1cccc(Br)c1)N1CCc2c([nH]c3ccc(F)cc23)C1. The van der Waals surface area contributed by atoms with Gasteiger partial charge in [0.2, 0.25) is 0 Å². The van der Waals surface area contributed by atoms with Gasteiger partial charge in [0, 0.05) is 33.2 Å². The first kappa shape index (κ1) is 14.5. The van der Waals surface area contributed by atoms with Crippen LogP contribution in [0.2, 0.25) is 0 Å². The highest BCUT2D eigenvalue weighted by atomic mass is 79.9. The molecule has 0 unspecified atom stereocenters. The molecule has 1 N–H and O–H groups in total. The Hall–Kier alpha value is -2.14. The molecule has 0 radical (unpaired) electrons. The van der Waals surface area contributed by atoms with Crippen molar-refractivity contribution in [2.45, 2.75) is 13.0 Å². The van der Waals surface area contributed by atoms with Crippen LogP contribution in [-0.2, 0) is 13.0 Å². The third-order valence-corrected chi connectivity index (χ3v) is 4.79. The van der Waals surface area contributed by atoms with Gasteiger partial charge in [-0.2, -0.15) is 0 Å². The molecule has 0 spiro atoms. The van der Waals surface area contributed by atoms with Crippen LogP contribution in [0.5, 0.6) is 0 Å². The molecular formula is C18H14BrFN2O. The topological polar surface area (TPSA) is 36.1 Å². The number of nitrogens with one attached hydrogen (secondary N) is 1. The molecule has 5 heteroatoms. The summed E-state index contributed by atoms with van der Waals surface area (Å²) in [5, 5.41) is 0.926. The van der Waals surface area contributed by atoms with Crippen molar-refractivity contribution in [3.05, 3.63) is 69.6 Å². The minimum atomic E-state index is -0.230. The lowest BCUT2D eigenvalue weighted by molar-refractivity contribution is 0.0733. The highest BCUT2D eigenvalue weighted by Gasteiger charge is 2.24. The molecule has 2 heterocycles. The fourth-order valence-corrected chi connectivity index (χ4v) is 3.59. The van der Waals surface area contributed by atoms with Crippen LogP contribution in [0.4, 0.5) is 4.39 Å². The predicted molar refractivity (Wildman–Crippen MR) is 90.8 cm³/mol. The lowest BCUT2D eigenvalue weighted by Crippen LogP contribution is -2.35. The van der Waals surface area contributed by atoms with Crippen molar-refractivity contribution in [1.82, 2.24) is 9.88 Å². The van der Waals surface area contributed by atoms with E-state index in [9.17, 15) is 9.18 Å². The number of hydrogen-bond donors (Lipinski definition) is 1. The summed E-state index contributed by atoms with van der Waals surface area (Å²) in [5.74, 6) is -0.214. The second-order valence-electron chi connectivity index (χ2n) is 5.76. The van der Waals surface area contributed by atoms with E-state index < -0.39 is 0 Å². The lowest BCUT2D eigenvalue weighted by Gasteiger charge is -2.27.